The molecule has 3 aromatic rings. The van der Waals surface area contributed by atoms with Crippen LogP contribution >= 0.6 is 11.6 Å². The fourth-order valence-corrected chi connectivity index (χ4v) is 4.41. The molecule has 1 atom stereocenters. The lowest BCUT2D eigenvalue weighted by molar-refractivity contribution is -0.141. The van der Waals surface area contributed by atoms with Crippen LogP contribution in [0.15, 0.2) is 72.8 Å². The average Bonchev–Trinajstić information content (AvgIpc) is 2.93. The number of hydrogen-bond acceptors (Lipinski definition) is 4. The van der Waals surface area contributed by atoms with Crippen LogP contribution in [0.5, 0.6) is 11.5 Å². The molecule has 2 amide bonds. The molecule has 1 N–H and O–H groups in total. The summed E-state index contributed by atoms with van der Waals surface area (Å²) in [5, 5.41) is 3.60. The van der Waals surface area contributed by atoms with Gasteiger partial charge in [-0.05, 0) is 47.2 Å². The largest absolute Gasteiger partial charge is 0.493 e. The van der Waals surface area contributed by atoms with E-state index in [0.717, 1.165) is 16.7 Å². The molecule has 0 spiro atoms. The maximum absolute atomic E-state index is 13.8. The Labute approximate surface area is 230 Å². The van der Waals surface area contributed by atoms with Crippen molar-refractivity contribution >= 4 is 23.4 Å². The van der Waals surface area contributed by atoms with Gasteiger partial charge in [0, 0.05) is 31.0 Å². The summed E-state index contributed by atoms with van der Waals surface area (Å²) < 4.78 is 10.7. The summed E-state index contributed by atoms with van der Waals surface area (Å²) in [5.74, 6) is 1.23. The molecule has 0 bridgehead atoms. The summed E-state index contributed by atoms with van der Waals surface area (Å²) in [5.41, 5.74) is 2.72. The van der Waals surface area contributed by atoms with Crippen molar-refractivity contribution < 1.29 is 19.1 Å². The Morgan fingerprint density at radius 2 is 1.58 bits per heavy atom. The molecule has 202 valence electrons. The number of hydrogen-bond donors (Lipinski definition) is 1. The molecule has 0 radical (unpaired) electrons. The van der Waals surface area contributed by atoms with Crippen LogP contribution in [0, 0.1) is 5.92 Å². The first-order valence-corrected chi connectivity index (χ1v) is 13.3. The van der Waals surface area contributed by atoms with Crippen LogP contribution in [0.1, 0.15) is 37.0 Å². The number of nitrogens with zero attached hydrogens (tertiary/aromatic N) is 1. The first kappa shape index (κ1) is 29.1. The van der Waals surface area contributed by atoms with Crippen molar-refractivity contribution in [3.05, 3.63) is 94.5 Å². The quantitative estimate of drug-likeness (QED) is 0.304. The molecule has 38 heavy (non-hydrogen) atoms. The number of carbonyl (C=O) groups excluding carboxylic acids is 2. The second kappa shape index (κ2) is 14.4. The predicted molar refractivity (Wildman–Crippen MR) is 152 cm³/mol. The van der Waals surface area contributed by atoms with E-state index in [1.54, 1.807) is 25.2 Å². The molecule has 0 saturated carbocycles. The van der Waals surface area contributed by atoms with Gasteiger partial charge < -0.3 is 19.7 Å². The van der Waals surface area contributed by atoms with E-state index in [1.165, 1.54) is 0 Å². The van der Waals surface area contributed by atoms with E-state index in [9.17, 15) is 9.59 Å². The maximum Gasteiger partial charge on any atom is 0.243 e. The van der Waals surface area contributed by atoms with Crippen molar-refractivity contribution in [2.45, 2.75) is 45.7 Å². The third-order valence-electron chi connectivity index (χ3n) is 6.33. The number of halogens is 1. The van der Waals surface area contributed by atoms with Gasteiger partial charge in [-0.3, -0.25) is 9.59 Å². The third kappa shape index (κ3) is 8.25. The Balaban J connectivity index is 1.91. The van der Waals surface area contributed by atoms with Gasteiger partial charge in [0.25, 0.3) is 0 Å². The Hall–Kier alpha value is -3.51. The lowest BCUT2D eigenvalue weighted by Gasteiger charge is -2.32. The SMILES string of the molecule is COc1ccc(CCC(=O)N(Cc2ccccc2Cl)[C@H](Cc2ccccc2)C(=O)NCC(C)C)cc1OC. The monoisotopic (exact) mass is 536 g/mol. The van der Waals surface area contributed by atoms with Crippen molar-refractivity contribution in [3.63, 3.8) is 0 Å². The predicted octanol–water partition coefficient (Wildman–Crippen LogP) is 5.70. The smallest absolute Gasteiger partial charge is 0.243 e. The molecule has 0 aromatic heterocycles. The van der Waals surface area contributed by atoms with Gasteiger partial charge in [0.1, 0.15) is 6.04 Å². The van der Waals surface area contributed by atoms with Gasteiger partial charge in [0.2, 0.25) is 11.8 Å². The van der Waals surface area contributed by atoms with Crippen molar-refractivity contribution in [3.8, 4) is 11.5 Å². The molecule has 3 rings (SSSR count). The number of rotatable bonds is 13. The van der Waals surface area contributed by atoms with Crippen LogP contribution in [0.3, 0.4) is 0 Å². The van der Waals surface area contributed by atoms with E-state index in [0.29, 0.717) is 35.9 Å². The molecule has 0 aliphatic heterocycles. The van der Waals surface area contributed by atoms with Gasteiger partial charge in [0.15, 0.2) is 11.5 Å². The molecule has 0 saturated heterocycles. The van der Waals surface area contributed by atoms with Crippen LogP contribution in [-0.4, -0.2) is 43.5 Å². The molecular weight excluding hydrogens is 500 g/mol. The van der Waals surface area contributed by atoms with E-state index < -0.39 is 6.04 Å². The molecule has 6 nitrogen and oxygen atoms in total. The Bertz CT molecular complexity index is 1200. The van der Waals surface area contributed by atoms with E-state index in [2.05, 4.69) is 5.32 Å². The zero-order valence-electron chi connectivity index (χ0n) is 22.6. The second-order valence-corrected chi connectivity index (χ2v) is 10.1. The average molecular weight is 537 g/mol. The van der Waals surface area contributed by atoms with Crippen molar-refractivity contribution in [1.29, 1.82) is 0 Å². The van der Waals surface area contributed by atoms with Crippen LogP contribution < -0.4 is 14.8 Å². The summed E-state index contributed by atoms with van der Waals surface area (Å²) in [6, 6.07) is 22.1. The number of aryl methyl sites for hydroxylation is 1. The van der Waals surface area contributed by atoms with Gasteiger partial charge in [0.05, 0.1) is 14.2 Å². The molecule has 0 heterocycles. The molecule has 0 aliphatic rings. The highest BCUT2D eigenvalue weighted by Crippen LogP contribution is 2.28. The summed E-state index contributed by atoms with van der Waals surface area (Å²) >= 11 is 6.49. The van der Waals surface area contributed by atoms with Crippen molar-refractivity contribution in [2.24, 2.45) is 5.92 Å². The molecular formula is C31H37ClN2O4. The van der Waals surface area contributed by atoms with Crippen LogP contribution in [0.4, 0.5) is 0 Å². The fourth-order valence-electron chi connectivity index (χ4n) is 4.22. The number of amides is 2. The van der Waals surface area contributed by atoms with Crippen LogP contribution in [0.2, 0.25) is 5.02 Å². The summed E-state index contributed by atoms with van der Waals surface area (Å²) in [4.78, 5) is 29.0. The first-order valence-electron chi connectivity index (χ1n) is 12.9. The fraction of sp³-hybridized carbons (Fsp3) is 0.355. The van der Waals surface area contributed by atoms with Gasteiger partial charge in [-0.1, -0.05) is 80.0 Å². The maximum atomic E-state index is 13.8. The minimum Gasteiger partial charge on any atom is -0.493 e. The third-order valence-corrected chi connectivity index (χ3v) is 6.70. The number of nitrogens with one attached hydrogen (secondary N) is 1. The van der Waals surface area contributed by atoms with Gasteiger partial charge in [-0.2, -0.15) is 0 Å². The van der Waals surface area contributed by atoms with Gasteiger partial charge in [-0.25, -0.2) is 0 Å². The summed E-state index contributed by atoms with van der Waals surface area (Å²) in [6.07, 6.45) is 1.11. The number of ether oxygens (including phenoxy) is 2. The number of carbonyl (C=O) groups is 2. The normalized spacial score (nSPS) is 11.6. The minimum atomic E-state index is -0.690. The second-order valence-electron chi connectivity index (χ2n) is 9.65. The Morgan fingerprint density at radius 3 is 2.24 bits per heavy atom. The molecule has 0 aliphatic carbocycles. The number of benzene rings is 3. The highest BCUT2D eigenvalue weighted by Gasteiger charge is 2.30. The molecule has 3 aromatic carbocycles. The van der Waals surface area contributed by atoms with E-state index >= 15 is 0 Å². The van der Waals surface area contributed by atoms with Gasteiger partial charge in [-0.15, -0.1) is 0 Å². The summed E-state index contributed by atoms with van der Waals surface area (Å²) in [6.45, 7) is 4.85. The highest BCUT2D eigenvalue weighted by molar-refractivity contribution is 6.31. The van der Waals surface area contributed by atoms with Crippen molar-refractivity contribution in [1.82, 2.24) is 10.2 Å². The molecule has 0 unspecified atom stereocenters. The van der Waals surface area contributed by atoms with Gasteiger partial charge >= 0.3 is 0 Å². The Kier molecular flexibility index (Phi) is 11.0. The highest BCUT2D eigenvalue weighted by atomic mass is 35.5. The topological polar surface area (TPSA) is 67.9 Å². The molecule has 7 heteroatoms. The summed E-state index contributed by atoms with van der Waals surface area (Å²) in [7, 11) is 3.17. The lowest BCUT2D eigenvalue weighted by Crippen LogP contribution is -2.51. The van der Waals surface area contributed by atoms with Crippen LogP contribution in [-0.2, 0) is 29.0 Å². The Morgan fingerprint density at radius 1 is 0.895 bits per heavy atom. The first-order chi connectivity index (χ1) is 18.3. The van der Waals surface area contributed by atoms with E-state index in [4.69, 9.17) is 21.1 Å². The minimum absolute atomic E-state index is 0.125. The zero-order chi connectivity index (χ0) is 27.5. The number of methoxy groups -OCH3 is 2. The van der Waals surface area contributed by atoms with Crippen LogP contribution in [0.25, 0.3) is 0 Å². The van der Waals surface area contributed by atoms with Crippen molar-refractivity contribution in [2.75, 3.05) is 20.8 Å². The lowest BCUT2D eigenvalue weighted by atomic mass is 10.0. The molecule has 0 fully saturated rings. The van der Waals surface area contributed by atoms with E-state index in [1.807, 2.05) is 80.6 Å². The zero-order valence-corrected chi connectivity index (χ0v) is 23.3. The van der Waals surface area contributed by atoms with E-state index in [-0.39, 0.29) is 30.7 Å². The standard InChI is InChI=1S/C31H37ClN2O4/c1-22(2)20-33-31(36)27(18-23-10-6-5-7-11-23)34(21-25-12-8-9-13-26(25)32)30(35)17-15-24-14-16-28(37-3)29(19-24)38-4/h5-14,16,19,22,27H,15,17-18,20-21H2,1-4H3,(H,33,36)/t27-/m1/s1.